The largest absolute Gasteiger partial charge is 0.318 e. The third-order valence-electron chi connectivity index (χ3n) is 3.12. The van der Waals surface area contributed by atoms with Gasteiger partial charge in [-0.25, -0.2) is 0 Å². The molecule has 0 unspecified atom stereocenters. The molecule has 0 radical (unpaired) electrons. The molecule has 0 spiro atoms. The summed E-state index contributed by atoms with van der Waals surface area (Å²) in [7, 11) is 0. The second kappa shape index (κ2) is 4.78. The Balaban J connectivity index is 2.58. The van der Waals surface area contributed by atoms with E-state index in [2.05, 4.69) is 0 Å². The fraction of sp³-hybridized carbons (Fsp3) is 0.385. The zero-order valence-electron chi connectivity index (χ0n) is 10.6. The molecule has 1 aliphatic heterocycles. The fourth-order valence-corrected chi connectivity index (χ4v) is 2.24. The summed E-state index contributed by atoms with van der Waals surface area (Å²) in [6.45, 7) is 4.14. The molecule has 1 aliphatic rings. The quantitative estimate of drug-likeness (QED) is 0.795. The van der Waals surface area contributed by atoms with Gasteiger partial charge in [0, 0.05) is 13.5 Å². The van der Waals surface area contributed by atoms with Crippen molar-refractivity contribution in [3.8, 4) is 0 Å². The number of amides is 2. The number of fused-ring (bicyclic) bond motifs is 1. The van der Waals surface area contributed by atoms with Gasteiger partial charge < -0.3 is 15.5 Å². The summed E-state index contributed by atoms with van der Waals surface area (Å²) in [4.78, 5) is 27.1. The molecule has 5 nitrogen and oxygen atoms in total. The summed E-state index contributed by atoms with van der Waals surface area (Å²) in [6, 6.07) is 6.70. The minimum absolute atomic E-state index is 0.108. The van der Waals surface area contributed by atoms with Crippen LogP contribution in [-0.2, 0) is 9.59 Å². The number of nitrogens with zero attached hydrogens (tertiary/aromatic N) is 2. The molecule has 0 saturated carbocycles. The number of likely N-dealkylation sites (N-methyl/N-ethyl adjacent to an activating group) is 1. The smallest absolute Gasteiger partial charge is 0.245 e. The molecule has 1 aromatic rings. The van der Waals surface area contributed by atoms with Crippen molar-refractivity contribution < 1.29 is 9.59 Å². The number of anilines is 2. The van der Waals surface area contributed by atoms with E-state index in [1.165, 1.54) is 6.92 Å². The first-order valence-electron chi connectivity index (χ1n) is 6.00. The Morgan fingerprint density at radius 2 is 2.00 bits per heavy atom. The molecule has 1 aromatic carbocycles. The average molecular weight is 247 g/mol. The molecule has 1 heterocycles. The van der Waals surface area contributed by atoms with E-state index in [1.807, 2.05) is 31.2 Å². The van der Waals surface area contributed by atoms with E-state index >= 15 is 0 Å². The SMILES string of the molecule is CCN1C(=O)[C@@H](N)CN(C(C)=O)c2ccccc21. The van der Waals surface area contributed by atoms with Crippen molar-refractivity contribution in [3.63, 3.8) is 0 Å². The second-order valence-corrected chi connectivity index (χ2v) is 4.31. The third-order valence-corrected chi connectivity index (χ3v) is 3.12. The van der Waals surface area contributed by atoms with Gasteiger partial charge in [-0.05, 0) is 19.1 Å². The van der Waals surface area contributed by atoms with Gasteiger partial charge in [-0.3, -0.25) is 9.59 Å². The number of benzene rings is 1. The molecule has 1 atom stereocenters. The third kappa shape index (κ3) is 1.97. The number of carbonyl (C=O) groups excluding carboxylic acids is 2. The Morgan fingerprint density at radius 1 is 1.39 bits per heavy atom. The predicted octanol–water partition coefficient (Wildman–Crippen LogP) is 0.733. The van der Waals surface area contributed by atoms with E-state index in [1.54, 1.807) is 9.80 Å². The summed E-state index contributed by atoms with van der Waals surface area (Å²) < 4.78 is 0. The number of rotatable bonds is 1. The lowest BCUT2D eigenvalue weighted by Crippen LogP contribution is -2.48. The average Bonchev–Trinajstić information content (AvgIpc) is 2.46. The van der Waals surface area contributed by atoms with Crippen LogP contribution in [0.1, 0.15) is 13.8 Å². The van der Waals surface area contributed by atoms with Crippen molar-refractivity contribution in [1.29, 1.82) is 0 Å². The molecule has 18 heavy (non-hydrogen) atoms. The summed E-state index contributed by atoms with van der Waals surface area (Å²) >= 11 is 0. The van der Waals surface area contributed by atoms with E-state index in [-0.39, 0.29) is 18.4 Å². The molecular weight excluding hydrogens is 230 g/mol. The van der Waals surface area contributed by atoms with Crippen LogP contribution >= 0.6 is 0 Å². The number of hydrogen-bond acceptors (Lipinski definition) is 3. The van der Waals surface area contributed by atoms with Gasteiger partial charge in [0.05, 0.1) is 17.9 Å². The highest BCUT2D eigenvalue weighted by molar-refractivity contribution is 6.06. The lowest BCUT2D eigenvalue weighted by atomic mass is 10.2. The lowest BCUT2D eigenvalue weighted by molar-refractivity contribution is -0.119. The standard InChI is InChI=1S/C13H17N3O2/c1-3-15-11-6-4-5-7-12(11)16(9(2)17)8-10(14)13(15)18/h4-7,10H,3,8,14H2,1-2H3/t10-/m0/s1. The zero-order valence-corrected chi connectivity index (χ0v) is 10.6. The van der Waals surface area contributed by atoms with Crippen molar-refractivity contribution in [3.05, 3.63) is 24.3 Å². The summed E-state index contributed by atoms with van der Waals surface area (Å²) in [5.74, 6) is -0.252. The van der Waals surface area contributed by atoms with Gasteiger partial charge >= 0.3 is 0 Å². The molecule has 0 aromatic heterocycles. The number of para-hydroxylation sites is 2. The van der Waals surface area contributed by atoms with E-state index in [0.29, 0.717) is 6.54 Å². The van der Waals surface area contributed by atoms with Crippen molar-refractivity contribution in [2.75, 3.05) is 22.9 Å². The molecule has 0 fully saturated rings. The van der Waals surface area contributed by atoms with Crippen LogP contribution in [0, 0.1) is 0 Å². The molecule has 0 bridgehead atoms. The molecule has 5 heteroatoms. The minimum atomic E-state index is -0.679. The number of nitrogens with two attached hydrogens (primary N) is 1. The highest BCUT2D eigenvalue weighted by atomic mass is 16.2. The summed E-state index contributed by atoms with van der Waals surface area (Å²) in [5.41, 5.74) is 7.35. The van der Waals surface area contributed by atoms with E-state index in [9.17, 15) is 9.59 Å². The van der Waals surface area contributed by atoms with Crippen LogP contribution in [0.5, 0.6) is 0 Å². The van der Waals surface area contributed by atoms with Crippen molar-refractivity contribution in [2.45, 2.75) is 19.9 Å². The number of carbonyl (C=O) groups is 2. The molecule has 96 valence electrons. The Hall–Kier alpha value is -1.88. The Labute approximate surface area is 106 Å². The maximum absolute atomic E-state index is 12.2. The summed E-state index contributed by atoms with van der Waals surface area (Å²) in [6.07, 6.45) is 0. The van der Waals surface area contributed by atoms with Gasteiger partial charge in [0.1, 0.15) is 6.04 Å². The monoisotopic (exact) mass is 247 g/mol. The molecule has 2 rings (SSSR count). The topological polar surface area (TPSA) is 66.6 Å². The summed E-state index contributed by atoms with van der Waals surface area (Å²) in [5, 5.41) is 0. The van der Waals surface area contributed by atoms with Crippen molar-refractivity contribution >= 4 is 23.2 Å². The van der Waals surface area contributed by atoms with Gasteiger partial charge in [0.25, 0.3) is 0 Å². The van der Waals surface area contributed by atoms with E-state index in [0.717, 1.165) is 11.4 Å². The van der Waals surface area contributed by atoms with Gasteiger partial charge in [0.15, 0.2) is 0 Å². The van der Waals surface area contributed by atoms with Crippen LogP contribution < -0.4 is 15.5 Å². The normalized spacial score (nSPS) is 19.5. The Bertz CT molecular complexity index is 472. The second-order valence-electron chi connectivity index (χ2n) is 4.31. The molecule has 0 aliphatic carbocycles. The van der Waals surface area contributed by atoms with E-state index in [4.69, 9.17) is 5.73 Å². The minimum Gasteiger partial charge on any atom is -0.318 e. The van der Waals surface area contributed by atoms with Crippen LogP contribution in [-0.4, -0.2) is 30.9 Å². The first-order chi connectivity index (χ1) is 8.56. The van der Waals surface area contributed by atoms with Crippen LogP contribution in [0.15, 0.2) is 24.3 Å². The molecule has 2 amide bonds. The van der Waals surface area contributed by atoms with E-state index < -0.39 is 6.04 Å². The fourth-order valence-electron chi connectivity index (χ4n) is 2.24. The lowest BCUT2D eigenvalue weighted by Gasteiger charge is -2.23. The van der Waals surface area contributed by atoms with Crippen LogP contribution in [0.2, 0.25) is 0 Å². The van der Waals surface area contributed by atoms with Crippen molar-refractivity contribution in [1.82, 2.24) is 0 Å². The molecular formula is C13H17N3O2. The van der Waals surface area contributed by atoms with Gasteiger partial charge in [-0.15, -0.1) is 0 Å². The Kier molecular flexibility index (Phi) is 3.34. The predicted molar refractivity (Wildman–Crippen MR) is 70.5 cm³/mol. The van der Waals surface area contributed by atoms with Gasteiger partial charge in [0.2, 0.25) is 11.8 Å². The number of hydrogen-bond donors (Lipinski definition) is 1. The molecule has 2 N–H and O–H groups in total. The van der Waals surface area contributed by atoms with Gasteiger partial charge in [-0.2, -0.15) is 0 Å². The first-order valence-corrected chi connectivity index (χ1v) is 6.00. The van der Waals surface area contributed by atoms with Crippen LogP contribution in [0.25, 0.3) is 0 Å². The van der Waals surface area contributed by atoms with Crippen LogP contribution in [0.4, 0.5) is 11.4 Å². The first kappa shape index (κ1) is 12.6. The molecule has 0 saturated heterocycles. The zero-order chi connectivity index (χ0) is 13.3. The maximum atomic E-state index is 12.2. The van der Waals surface area contributed by atoms with Crippen molar-refractivity contribution in [2.24, 2.45) is 5.73 Å². The maximum Gasteiger partial charge on any atom is 0.245 e. The van der Waals surface area contributed by atoms with Crippen LogP contribution in [0.3, 0.4) is 0 Å². The highest BCUT2D eigenvalue weighted by Gasteiger charge is 2.31. The Morgan fingerprint density at radius 3 is 2.56 bits per heavy atom. The highest BCUT2D eigenvalue weighted by Crippen LogP contribution is 2.32. The van der Waals surface area contributed by atoms with Gasteiger partial charge in [-0.1, -0.05) is 12.1 Å².